The summed E-state index contributed by atoms with van der Waals surface area (Å²) in [5.41, 5.74) is 6.02. The van der Waals surface area contributed by atoms with E-state index in [2.05, 4.69) is 0 Å². The van der Waals surface area contributed by atoms with Crippen LogP contribution in [-0.4, -0.2) is 5.78 Å². The Balaban J connectivity index is 3.11. The van der Waals surface area contributed by atoms with Crippen molar-refractivity contribution in [2.45, 2.75) is 6.92 Å². The standard InChI is InChI=1S/C11H9ClN2O/c1-7(14)10(6-13)11(15)8-2-4-9(12)5-3-8/h2-5H,14H2,1H3/b10-7-. The van der Waals surface area contributed by atoms with Crippen LogP contribution in [0.1, 0.15) is 17.3 Å². The van der Waals surface area contributed by atoms with E-state index < -0.39 is 0 Å². The molecule has 0 unspecified atom stereocenters. The lowest BCUT2D eigenvalue weighted by Gasteiger charge is -2.00. The average molecular weight is 221 g/mol. The summed E-state index contributed by atoms with van der Waals surface area (Å²) < 4.78 is 0. The van der Waals surface area contributed by atoms with Gasteiger partial charge in [-0.2, -0.15) is 5.26 Å². The molecule has 0 heterocycles. The summed E-state index contributed by atoms with van der Waals surface area (Å²) in [6, 6.07) is 8.09. The smallest absolute Gasteiger partial charge is 0.205 e. The summed E-state index contributed by atoms with van der Waals surface area (Å²) in [6.07, 6.45) is 0. The second kappa shape index (κ2) is 4.63. The molecular formula is C11H9ClN2O. The van der Waals surface area contributed by atoms with Crippen LogP contribution in [-0.2, 0) is 0 Å². The van der Waals surface area contributed by atoms with Gasteiger partial charge in [-0.1, -0.05) is 11.6 Å². The number of Topliss-reactive ketones (excluding diaryl/α,β-unsaturated/α-hetero) is 1. The predicted octanol–water partition coefficient (Wildman–Crippen LogP) is 2.28. The Labute approximate surface area is 92.8 Å². The Morgan fingerprint density at radius 2 is 1.93 bits per heavy atom. The van der Waals surface area contributed by atoms with E-state index in [1.54, 1.807) is 30.3 Å². The average Bonchev–Trinajstić information content (AvgIpc) is 2.19. The van der Waals surface area contributed by atoms with E-state index in [0.29, 0.717) is 10.6 Å². The number of allylic oxidation sites excluding steroid dienone is 2. The molecule has 1 rings (SSSR count). The largest absolute Gasteiger partial charge is 0.401 e. The summed E-state index contributed by atoms with van der Waals surface area (Å²) in [7, 11) is 0. The lowest BCUT2D eigenvalue weighted by atomic mass is 10.0. The molecule has 0 saturated carbocycles. The molecule has 0 aliphatic carbocycles. The molecule has 3 nitrogen and oxygen atoms in total. The number of nitrogens with zero attached hydrogens (tertiary/aromatic N) is 1. The van der Waals surface area contributed by atoms with Gasteiger partial charge in [0.2, 0.25) is 5.78 Å². The van der Waals surface area contributed by atoms with Gasteiger partial charge in [-0.15, -0.1) is 0 Å². The van der Waals surface area contributed by atoms with E-state index in [1.165, 1.54) is 6.92 Å². The van der Waals surface area contributed by atoms with Crippen molar-refractivity contribution in [2.24, 2.45) is 5.73 Å². The van der Waals surface area contributed by atoms with Crippen LogP contribution in [0.5, 0.6) is 0 Å². The number of hydrogen-bond acceptors (Lipinski definition) is 3. The second-order valence-corrected chi connectivity index (χ2v) is 3.44. The number of ketones is 1. The summed E-state index contributed by atoms with van der Waals surface area (Å²) >= 11 is 5.68. The van der Waals surface area contributed by atoms with Crippen molar-refractivity contribution in [3.8, 4) is 6.07 Å². The fraction of sp³-hybridized carbons (Fsp3) is 0.0909. The van der Waals surface area contributed by atoms with Gasteiger partial charge in [0.15, 0.2) is 0 Å². The third-order valence-corrected chi connectivity index (χ3v) is 2.09. The molecular weight excluding hydrogens is 212 g/mol. The predicted molar refractivity (Wildman–Crippen MR) is 58.3 cm³/mol. The molecule has 1 aromatic carbocycles. The molecule has 1 aromatic rings. The first-order chi connectivity index (χ1) is 7.06. The molecule has 76 valence electrons. The van der Waals surface area contributed by atoms with E-state index >= 15 is 0 Å². The van der Waals surface area contributed by atoms with Crippen LogP contribution in [0.4, 0.5) is 0 Å². The van der Waals surface area contributed by atoms with E-state index in [0.717, 1.165) is 0 Å². The van der Waals surface area contributed by atoms with Crippen LogP contribution in [0, 0.1) is 11.3 Å². The molecule has 15 heavy (non-hydrogen) atoms. The van der Waals surface area contributed by atoms with Gasteiger partial charge in [-0.25, -0.2) is 0 Å². The highest BCUT2D eigenvalue weighted by Crippen LogP contribution is 2.13. The van der Waals surface area contributed by atoms with Crippen molar-refractivity contribution in [1.82, 2.24) is 0 Å². The number of benzene rings is 1. The van der Waals surface area contributed by atoms with Crippen molar-refractivity contribution < 1.29 is 4.79 Å². The van der Waals surface area contributed by atoms with Crippen LogP contribution in [0.15, 0.2) is 35.5 Å². The molecule has 0 aliphatic heterocycles. The number of halogens is 1. The van der Waals surface area contributed by atoms with Crippen molar-refractivity contribution in [3.63, 3.8) is 0 Å². The van der Waals surface area contributed by atoms with Crippen molar-refractivity contribution in [3.05, 3.63) is 46.1 Å². The molecule has 0 saturated heterocycles. The molecule has 0 aromatic heterocycles. The van der Waals surface area contributed by atoms with Crippen molar-refractivity contribution in [2.75, 3.05) is 0 Å². The Kier molecular flexibility index (Phi) is 3.48. The Hall–Kier alpha value is -1.79. The maximum Gasteiger partial charge on any atom is 0.205 e. The number of carbonyl (C=O) groups excluding carboxylic acids is 1. The molecule has 0 bridgehead atoms. The topological polar surface area (TPSA) is 66.9 Å². The first-order valence-corrected chi connectivity index (χ1v) is 4.60. The fourth-order valence-electron chi connectivity index (χ4n) is 1.06. The summed E-state index contributed by atoms with van der Waals surface area (Å²) in [6.45, 7) is 1.52. The first-order valence-electron chi connectivity index (χ1n) is 4.23. The molecule has 2 N–H and O–H groups in total. The summed E-state index contributed by atoms with van der Waals surface area (Å²) in [4.78, 5) is 11.7. The quantitative estimate of drug-likeness (QED) is 0.472. The van der Waals surface area contributed by atoms with Gasteiger partial charge in [0.1, 0.15) is 11.6 Å². The van der Waals surface area contributed by atoms with Gasteiger partial charge in [-0.05, 0) is 31.2 Å². The number of carbonyl (C=O) groups is 1. The number of nitriles is 1. The highest BCUT2D eigenvalue weighted by atomic mass is 35.5. The summed E-state index contributed by atoms with van der Waals surface area (Å²) in [5.74, 6) is -0.380. The Morgan fingerprint density at radius 3 is 2.33 bits per heavy atom. The minimum Gasteiger partial charge on any atom is -0.401 e. The molecule has 4 heteroatoms. The van der Waals surface area contributed by atoms with E-state index in [4.69, 9.17) is 22.6 Å². The molecule has 0 radical (unpaired) electrons. The monoisotopic (exact) mass is 220 g/mol. The third kappa shape index (κ3) is 2.58. The van der Waals surface area contributed by atoms with Gasteiger partial charge in [0, 0.05) is 16.3 Å². The maximum atomic E-state index is 11.7. The zero-order valence-corrected chi connectivity index (χ0v) is 8.88. The minimum absolute atomic E-state index is 0.0303. The van der Waals surface area contributed by atoms with Gasteiger partial charge < -0.3 is 5.73 Å². The minimum atomic E-state index is -0.380. The lowest BCUT2D eigenvalue weighted by molar-refractivity contribution is 0.103. The highest BCUT2D eigenvalue weighted by molar-refractivity contribution is 6.30. The highest BCUT2D eigenvalue weighted by Gasteiger charge is 2.13. The third-order valence-electron chi connectivity index (χ3n) is 1.84. The molecule has 0 spiro atoms. The molecule has 0 fully saturated rings. The lowest BCUT2D eigenvalue weighted by Crippen LogP contribution is -2.08. The van der Waals surface area contributed by atoms with Gasteiger partial charge in [0.25, 0.3) is 0 Å². The molecule has 0 amide bonds. The van der Waals surface area contributed by atoms with E-state index in [-0.39, 0.29) is 17.1 Å². The van der Waals surface area contributed by atoms with Crippen molar-refractivity contribution in [1.29, 1.82) is 5.26 Å². The maximum absolute atomic E-state index is 11.7. The van der Waals surface area contributed by atoms with Crippen LogP contribution in [0.25, 0.3) is 0 Å². The van der Waals surface area contributed by atoms with Gasteiger partial charge in [0.05, 0.1) is 0 Å². The second-order valence-electron chi connectivity index (χ2n) is 3.01. The van der Waals surface area contributed by atoms with E-state index in [1.807, 2.05) is 0 Å². The van der Waals surface area contributed by atoms with Crippen LogP contribution in [0.2, 0.25) is 5.02 Å². The SMILES string of the molecule is C/C(N)=C(\C#N)C(=O)c1ccc(Cl)cc1. The van der Waals surface area contributed by atoms with Gasteiger partial charge >= 0.3 is 0 Å². The molecule has 0 aliphatic rings. The number of hydrogen-bond donors (Lipinski definition) is 1. The normalized spacial score (nSPS) is 11.5. The Morgan fingerprint density at radius 1 is 1.40 bits per heavy atom. The zero-order valence-electron chi connectivity index (χ0n) is 8.12. The molecule has 0 atom stereocenters. The van der Waals surface area contributed by atoms with Crippen LogP contribution in [0.3, 0.4) is 0 Å². The number of rotatable bonds is 2. The number of nitrogens with two attached hydrogens (primary N) is 1. The fourth-order valence-corrected chi connectivity index (χ4v) is 1.19. The summed E-state index contributed by atoms with van der Waals surface area (Å²) in [5, 5.41) is 9.29. The van der Waals surface area contributed by atoms with E-state index in [9.17, 15) is 4.79 Å². The Bertz CT molecular complexity index is 450. The van der Waals surface area contributed by atoms with Crippen molar-refractivity contribution >= 4 is 17.4 Å². The first kappa shape index (κ1) is 11.3. The zero-order chi connectivity index (χ0) is 11.4. The van der Waals surface area contributed by atoms with Crippen LogP contribution < -0.4 is 5.73 Å². The van der Waals surface area contributed by atoms with Crippen LogP contribution >= 0.6 is 11.6 Å². The van der Waals surface area contributed by atoms with Gasteiger partial charge in [-0.3, -0.25) is 4.79 Å².